The molecule has 4 nitrogen and oxygen atoms in total. The molecular weight excluding hydrogens is 242 g/mol. The maximum Gasteiger partial charge on any atom is 0.261 e. The highest BCUT2D eigenvalue weighted by molar-refractivity contribution is 6.30. The van der Waals surface area contributed by atoms with Crippen molar-refractivity contribution in [3.8, 4) is 5.75 Å². The number of nitrogens with one attached hydrogen (secondary N) is 1. The van der Waals surface area contributed by atoms with E-state index in [1.165, 1.54) is 0 Å². The molecule has 1 aromatic rings. The minimum Gasteiger partial charge on any atom is -0.480 e. The van der Waals surface area contributed by atoms with Crippen molar-refractivity contribution in [2.45, 2.75) is 25.5 Å². The van der Waals surface area contributed by atoms with Gasteiger partial charge in [-0.1, -0.05) is 11.6 Å². The van der Waals surface area contributed by atoms with Gasteiger partial charge < -0.3 is 15.2 Å². The van der Waals surface area contributed by atoms with Gasteiger partial charge in [0.15, 0.2) is 6.10 Å². The minimum atomic E-state index is -0.530. The van der Waals surface area contributed by atoms with Gasteiger partial charge in [-0.3, -0.25) is 4.79 Å². The van der Waals surface area contributed by atoms with Gasteiger partial charge in [0, 0.05) is 17.5 Å². The lowest BCUT2D eigenvalue weighted by Gasteiger charge is -2.14. The van der Waals surface area contributed by atoms with Crippen molar-refractivity contribution >= 4 is 17.5 Å². The summed E-state index contributed by atoms with van der Waals surface area (Å²) in [6.07, 6.45) is -0.0164. The molecule has 1 aromatic carbocycles. The summed E-state index contributed by atoms with van der Waals surface area (Å²) in [5, 5.41) is 12.2. The zero-order chi connectivity index (χ0) is 12.4. The molecule has 1 heterocycles. The number of fused-ring (bicyclic) bond motifs is 1. The van der Waals surface area contributed by atoms with Gasteiger partial charge in [-0.05, 0) is 30.7 Å². The normalized spacial score (nSPS) is 19.4. The van der Waals surface area contributed by atoms with Crippen LogP contribution in [0.2, 0.25) is 5.02 Å². The van der Waals surface area contributed by atoms with Crippen LogP contribution in [0.5, 0.6) is 5.75 Å². The molecule has 1 aliphatic heterocycles. The first-order valence-electron chi connectivity index (χ1n) is 5.46. The molecule has 0 aliphatic carbocycles. The zero-order valence-corrected chi connectivity index (χ0v) is 10.2. The topological polar surface area (TPSA) is 58.6 Å². The Balaban J connectivity index is 2.02. The fraction of sp³-hybridized carbons (Fsp3) is 0.417. The third-order valence-corrected chi connectivity index (χ3v) is 2.89. The number of hydrogen-bond acceptors (Lipinski definition) is 3. The van der Waals surface area contributed by atoms with E-state index in [-0.39, 0.29) is 18.6 Å². The van der Waals surface area contributed by atoms with E-state index in [1.54, 1.807) is 25.1 Å². The SMILES string of the molecule is C[C@H](CO)NC(=O)C1Cc2cc(Cl)ccc2O1. The number of aliphatic hydroxyl groups is 1. The van der Waals surface area contributed by atoms with Crippen LogP contribution in [0.1, 0.15) is 12.5 Å². The molecule has 0 saturated heterocycles. The number of rotatable bonds is 3. The van der Waals surface area contributed by atoms with E-state index in [1.807, 2.05) is 0 Å². The third-order valence-electron chi connectivity index (χ3n) is 2.65. The van der Waals surface area contributed by atoms with E-state index in [2.05, 4.69) is 5.32 Å². The van der Waals surface area contributed by atoms with E-state index in [4.69, 9.17) is 21.4 Å². The monoisotopic (exact) mass is 255 g/mol. The summed E-state index contributed by atoms with van der Waals surface area (Å²) in [4.78, 5) is 11.8. The largest absolute Gasteiger partial charge is 0.480 e. The predicted molar refractivity (Wildman–Crippen MR) is 64.3 cm³/mol. The summed E-state index contributed by atoms with van der Waals surface area (Å²) < 4.78 is 5.52. The minimum absolute atomic E-state index is 0.0861. The second-order valence-corrected chi connectivity index (χ2v) is 4.59. The summed E-state index contributed by atoms with van der Waals surface area (Å²) in [6.45, 7) is 1.65. The van der Waals surface area contributed by atoms with Crippen LogP contribution >= 0.6 is 11.6 Å². The molecular formula is C12H14ClNO3. The van der Waals surface area contributed by atoms with Crippen LogP contribution in [-0.2, 0) is 11.2 Å². The van der Waals surface area contributed by atoms with Crippen LogP contribution in [-0.4, -0.2) is 29.8 Å². The lowest BCUT2D eigenvalue weighted by Crippen LogP contribution is -2.43. The zero-order valence-electron chi connectivity index (χ0n) is 9.44. The number of benzene rings is 1. The van der Waals surface area contributed by atoms with E-state index in [0.29, 0.717) is 17.2 Å². The molecule has 1 aliphatic rings. The molecule has 0 radical (unpaired) electrons. The van der Waals surface area contributed by atoms with Crippen LogP contribution in [0.4, 0.5) is 0 Å². The first-order chi connectivity index (χ1) is 8.10. The standard InChI is InChI=1S/C12H14ClNO3/c1-7(6-15)14-12(16)11-5-8-4-9(13)2-3-10(8)17-11/h2-4,7,11,15H,5-6H2,1H3,(H,14,16)/t7-,11?/m1/s1. The van der Waals surface area contributed by atoms with Crippen molar-refractivity contribution in [2.24, 2.45) is 0 Å². The van der Waals surface area contributed by atoms with Gasteiger partial charge in [0.2, 0.25) is 0 Å². The molecule has 2 atom stereocenters. The van der Waals surface area contributed by atoms with E-state index < -0.39 is 6.10 Å². The maximum absolute atomic E-state index is 11.8. The van der Waals surface area contributed by atoms with E-state index >= 15 is 0 Å². The Morgan fingerprint density at radius 1 is 1.71 bits per heavy atom. The Labute approximate surface area is 105 Å². The Bertz CT molecular complexity index is 436. The lowest BCUT2D eigenvalue weighted by molar-refractivity contribution is -0.128. The first-order valence-corrected chi connectivity index (χ1v) is 5.84. The Morgan fingerprint density at radius 2 is 2.47 bits per heavy atom. The van der Waals surface area contributed by atoms with Gasteiger partial charge in [0.05, 0.1) is 6.61 Å². The number of ether oxygens (including phenoxy) is 1. The fourth-order valence-electron chi connectivity index (χ4n) is 1.74. The number of halogens is 1. The summed E-state index contributed by atoms with van der Waals surface area (Å²) in [7, 11) is 0. The molecule has 0 saturated carbocycles. The number of amides is 1. The maximum atomic E-state index is 11.8. The number of carbonyl (C=O) groups excluding carboxylic acids is 1. The van der Waals surface area contributed by atoms with Gasteiger partial charge in [-0.25, -0.2) is 0 Å². The quantitative estimate of drug-likeness (QED) is 0.852. The smallest absolute Gasteiger partial charge is 0.261 e. The fourth-order valence-corrected chi connectivity index (χ4v) is 1.94. The van der Waals surface area contributed by atoms with Crippen molar-refractivity contribution in [1.29, 1.82) is 0 Å². The summed E-state index contributed by atoms with van der Waals surface area (Å²) in [6, 6.07) is 5.04. The average molecular weight is 256 g/mol. The molecule has 1 unspecified atom stereocenters. The number of aliphatic hydroxyl groups excluding tert-OH is 1. The van der Waals surface area contributed by atoms with Gasteiger partial charge >= 0.3 is 0 Å². The molecule has 1 amide bonds. The predicted octanol–water partition coefficient (Wildman–Crippen LogP) is 1.14. The second kappa shape index (κ2) is 4.94. The van der Waals surface area contributed by atoms with E-state index in [9.17, 15) is 4.79 Å². The molecule has 5 heteroatoms. The molecule has 2 N–H and O–H groups in total. The Hall–Kier alpha value is -1.26. The van der Waals surface area contributed by atoms with Crippen molar-refractivity contribution in [1.82, 2.24) is 5.32 Å². The summed E-state index contributed by atoms with van der Waals surface area (Å²) in [5.74, 6) is 0.491. The highest BCUT2D eigenvalue weighted by Gasteiger charge is 2.29. The molecule has 0 bridgehead atoms. The second-order valence-electron chi connectivity index (χ2n) is 4.15. The Kier molecular flexibility index (Phi) is 3.54. The van der Waals surface area contributed by atoms with Crippen LogP contribution in [0.15, 0.2) is 18.2 Å². The Morgan fingerprint density at radius 3 is 3.18 bits per heavy atom. The van der Waals surface area contributed by atoms with Crippen molar-refractivity contribution in [2.75, 3.05) is 6.61 Å². The van der Waals surface area contributed by atoms with Gasteiger partial charge in [0.25, 0.3) is 5.91 Å². The van der Waals surface area contributed by atoms with Crippen molar-refractivity contribution in [3.63, 3.8) is 0 Å². The number of hydrogen-bond donors (Lipinski definition) is 2. The van der Waals surface area contributed by atoms with Crippen LogP contribution < -0.4 is 10.1 Å². The van der Waals surface area contributed by atoms with Crippen LogP contribution in [0.25, 0.3) is 0 Å². The van der Waals surface area contributed by atoms with E-state index in [0.717, 1.165) is 5.56 Å². The van der Waals surface area contributed by atoms with Gasteiger partial charge in [-0.15, -0.1) is 0 Å². The molecule has 92 valence electrons. The molecule has 0 aromatic heterocycles. The van der Waals surface area contributed by atoms with Crippen molar-refractivity contribution in [3.05, 3.63) is 28.8 Å². The molecule has 2 rings (SSSR count). The lowest BCUT2D eigenvalue weighted by atomic mass is 10.1. The van der Waals surface area contributed by atoms with Gasteiger partial charge in [-0.2, -0.15) is 0 Å². The molecule has 0 fully saturated rings. The number of carbonyl (C=O) groups is 1. The molecule has 17 heavy (non-hydrogen) atoms. The average Bonchev–Trinajstić information content (AvgIpc) is 2.71. The first kappa shape index (κ1) is 12.2. The van der Waals surface area contributed by atoms with Crippen LogP contribution in [0.3, 0.4) is 0 Å². The third kappa shape index (κ3) is 2.70. The summed E-state index contributed by atoms with van der Waals surface area (Å²) >= 11 is 5.87. The summed E-state index contributed by atoms with van der Waals surface area (Å²) in [5.41, 5.74) is 0.939. The van der Waals surface area contributed by atoms with Crippen molar-refractivity contribution < 1.29 is 14.6 Å². The molecule has 0 spiro atoms. The van der Waals surface area contributed by atoms with Gasteiger partial charge in [0.1, 0.15) is 5.75 Å². The van der Waals surface area contributed by atoms with Crippen LogP contribution in [0, 0.1) is 0 Å². The highest BCUT2D eigenvalue weighted by Crippen LogP contribution is 2.31. The highest BCUT2D eigenvalue weighted by atomic mass is 35.5.